The summed E-state index contributed by atoms with van der Waals surface area (Å²) in [4.78, 5) is 2.19. The fourth-order valence-electron chi connectivity index (χ4n) is 1.73. The number of halogens is 1. The molecule has 0 amide bonds. The highest BCUT2D eigenvalue weighted by molar-refractivity contribution is 9.08. The van der Waals surface area contributed by atoms with Crippen molar-refractivity contribution in [2.75, 3.05) is 11.9 Å². The molecule has 2 aromatic carbocycles. The van der Waals surface area contributed by atoms with Crippen molar-refractivity contribution < 1.29 is 0 Å². The third-order valence-electron chi connectivity index (χ3n) is 2.90. The summed E-state index contributed by atoms with van der Waals surface area (Å²) in [7, 11) is 2.09. The van der Waals surface area contributed by atoms with Crippen molar-refractivity contribution in [1.82, 2.24) is 0 Å². The van der Waals surface area contributed by atoms with Gasteiger partial charge < -0.3 is 4.90 Å². The second-order valence-electron chi connectivity index (χ2n) is 4.19. The van der Waals surface area contributed by atoms with Crippen molar-refractivity contribution in [3.05, 3.63) is 59.7 Å². The van der Waals surface area contributed by atoms with Crippen LogP contribution in [0.4, 0.5) is 11.4 Å². The first kappa shape index (κ1) is 12.2. The zero-order chi connectivity index (χ0) is 12.3. The minimum absolute atomic E-state index is 0.904. The summed E-state index contributed by atoms with van der Waals surface area (Å²) in [5.74, 6) is 0. The van der Waals surface area contributed by atoms with Gasteiger partial charge in [-0.05, 0) is 36.8 Å². The van der Waals surface area contributed by atoms with Gasteiger partial charge in [0.1, 0.15) is 0 Å². The Balaban J connectivity index is 2.23. The number of nitrogens with zero attached hydrogens (tertiary/aromatic N) is 1. The fraction of sp³-hybridized carbons (Fsp3) is 0.200. The summed E-state index contributed by atoms with van der Waals surface area (Å²) in [6, 6.07) is 17.2. The van der Waals surface area contributed by atoms with Crippen LogP contribution in [-0.2, 0) is 5.33 Å². The van der Waals surface area contributed by atoms with Crippen molar-refractivity contribution in [3.8, 4) is 0 Å². The standard InChI is InChI=1S/C15H16BrN/c1-12-3-7-14(8-4-12)17(2)15-9-5-13(11-16)6-10-15/h3-10H,11H2,1-2H3. The molecular weight excluding hydrogens is 274 g/mol. The van der Waals surface area contributed by atoms with Gasteiger partial charge >= 0.3 is 0 Å². The van der Waals surface area contributed by atoms with Crippen LogP contribution >= 0.6 is 15.9 Å². The Kier molecular flexibility index (Phi) is 3.85. The van der Waals surface area contributed by atoms with Gasteiger partial charge in [0.25, 0.3) is 0 Å². The molecule has 0 spiro atoms. The molecule has 0 aliphatic carbocycles. The molecule has 0 aliphatic heterocycles. The van der Waals surface area contributed by atoms with Crippen molar-refractivity contribution in [3.63, 3.8) is 0 Å². The maximum atomic E-state index is 3.46. The van der Waals surface area contributed by atoms with Crippen LogP contribution in [-0.4, -0.2) is 7.05 Å². The number of hydrogen-bond donors (Lipinski definition) is 0. The predicted octanol–water partition coefficient (Wildman–Crippen LogP) is 4.66. The Hall–Kier alpha value is -1.28. The molecule has 0 bridgehead atoms. The van der Waals surface area contributed by atoms with Crippen LogP contribution in [0.1, 0.15) is 11.1 Å². The smallest absolute Gasteiger partial charge is 0.0408 e. The van der Waals surface area contributed by atoms with Gasteiger partial charge in [0, 0.05) is 23.8 Å². The molecule has 88 valence electrons. The second kappa shape index (κ2) is 5.37. The third-order valence-corrected chi connectivity index (χ3v) is 3.55. The first-order chi connectivity index (χ1) is 8.20. The van der Waals surface area contributed by atoms with E-state index in [2.05, 4.69) is 83.3 Å². The molecule has 0 atom stereocenters. The van der Waals surface area contributed by atoms with E-state index in [0.717, 1.165) is 5.33 Å². The van der Waals surface area contributed by atoms with E-state index < -0.39 is 0 Å². The van der Waals surface area contributed by atoms with Crippen LogP contribution < -0.4 is 4.90 Å². The van der Waals surface area contributed by atoms with Crippen LogP contribution in [0.15, 0.2) is 48.5 Å². The molecule has 0 fully saturated rings. The zero-order valence-corrected chi connectivity index (χ0v) is 11.7. The summed E-state index contributed by atoms with van der Waals surface area (Å²) in [5, 5.41) is 0.904. The van der Waals surface area contributed by atoms with E-state index in [1.54, 1.807) is 0 Å². The van der Waals surface area contributed by atoms with Gasteiger partial charge in [-0.2, -0.15) is 0 Å². The number of aryl methyl sites for hydroxylation is 1. The molecule has 1 nitrogen and oxygen atoms in total. The largest absolute Gasteiger partial charge is 0.345 e. The first-order valence-electron chi connectivity index (χ1n) is 5.66. The number of anilines is 2. The Morgan fingerprint density at radius 2 is 1.35 bits per heavy atom. The Morgan fingerprint density at radius 3 is 1.82 bits per heavy atom. The maximum Gasteiger partial charge on any atom is 0.0408 e. The van der Waals surface area contributed by atoms with Gasteiger partial charge in [0.05, 0.1) is 0 Å². The number of rotatable bonds is 3. The highest BCUT2D eigenvalue weighted by atomic mass is 79.9. The van der Waals surface area contributed by atoms with E-state index in [0.29, 0.717) is 0 Å². The lowest BCUT2D eigenvalue weighted by Crippen LogP contribution is -2.09. The molecule has 17 heavy (non-hydrogen) atoms. The van der Waals surface area contributed by atoms with Gasteiger partial charge in [0.2, 0.25) is 0 Å². The van der Waals surface area contributed by atoms with E-state index in [9.17, 15) is 0 Å². The van der Waals surface area contributed by atoms with E-state index >= 15 is 0 Å². The Morgan fingerprint density at radius 1 is 0.882 bits per heavy atom. The van der Waals surface area contributed by atoms with Crippen LogP contribution in [0.2, 0.25) is 0 Å². The summed E-state index contributed by atoms with van der Waals surface area (Å²) in [6.07, 6.45) is 0. The predicted molar refractivity (Wildman–Crippen MR) is 78.3 cm³/mol. The van der Waals surface area contributed by atoms with Crippen LogP contribution in [0.3, 0.4) is 0 Å². The normalized spacial score (nSPS) is 10.3. The lowest BCUT2D eigenvalue weighted by Gasteiger charge is -2.19. The van der Waals surface area contributed by atoms with E-state index in [-0.39, 0.29) is 0 Å². The molecule has 0 unspecified atom stereocenters. The van der Waals surface area contributed by atoms with E-state index in [1.165, 1.54) is 22.5 Å². The molecule has 2 heteroatoms. The Labute approximate surface area is 111 Å². The van der Waals surface area contributed by atoms with Gasteiger partial charge in [-0.25, -0.2) is 0 Å². The van der Waals surface area contributed by atoms with Crippen molar-refractivity contribution in [2.24, 2.45) is 0 Å². The van der Waals surface area contributed by atoms with Gasteiger partial charge in [-0.1, -0.05) is 45.8 Å². The molecule has 0 heterocycles. The van der Waals surface area contributed by atoms with Gasteiger partial charge in [-0.3, -0.25) is 0 Å². The SMILES string of the molecule is Cc1ccc(N(C)c2ccc(CBr)cc2)cc1. The van der Waals surface area contributed by atoms with Crippen LogP contribution in [0.5, 0.6) is 0 Å². The Bertz CT molecular complexity index is 473. The summed E-state index contributed by atoms with van der Waals surface area (Å²) in [5.41, 5.74) is 5.00. The fourth-order valence-corrected chi connectivity index (χ4v) is 2.10. The minimum atomic E-state index is 0.904. The molecule has 0 aliphatic rings. The number of alkyl halides is 1. The second-order valence-corrected chi connectivity index (χ2v) is 4.76. The molecule has 0 radical (unpaired) electrons. The van der Waals surface area contributed by atoms with E-state index in [4.69, 9.17) is 0 Å². The molecular formula is C15H16BrN. The zero-order valence-electron chi connectivity index (χ0n) is 10.2. The minimum Gasteiger partial charge on any atom is -0.345 e. The molecule has 2 aromatic rings. The maximum absolute atomic E-state index is 3.46. The molecule has 0 aromatic heterocycles. The average molecular weight is 290 g/mol. The highest BCUT2D eigenvalue weighted by Gasteiger charge is 2.03. The topological polar surface area (TPSA) is 3.24 Å². The van der Waals surface area contributed by atoms with Gasteiger partial charge in [0.15, 0.2) is 0 Å². The lowest BCUT2D eigenvalue weighted by molar-refractivity contribution is 1.20. The summed E-state index contributed by atoms with van der Waals surface area (Å²) in [6.45, 7) is 2.11. The highest BCUT2D eigenvalue weighted by Crippen LogP contribution is 2.24. The van der Waals surface area contributed by atoms with Crippen molar-refractivity contribution in [2.45, 2.75) is 12.3 Å². The monoisotopic (exact) mass is 289 g/mol. The summed E-state index contributed by atoms with van der Waals surface area (Å²) >= 11 is 3.46. The first-order valence-corrected chi connectivity index (χ1v) is 6.78. The van der Waals surface area contributed by atoms with Crippen molar-refractivity contribution >= 4 is 27.3 Å². The van der Waals surface area contributed by atoms with Crippen LogP contribution in [0, 0.1) is 6.92 Å². The number of hydrogen-bond acceptors (Lipinski definition) is 1. The van der Waals surface area contributed by atoms with Gasteiger partial charge in [-0.15, -0.1) is 0 Å². The van der Waals surface area contributed by atoms with E-state index in [1.807, 2.05) is 0 Å². The molecule has 0 saturated heterocycles. The van der Waals surface area contributed by atoms with Crippen LogP contribution in [0.25, 0.3) is 0 Å². The summed E-state index contributed by atoms with van der Waals surface area (Å²) < 4.78 is 0. The van der Waals surface area contributed by atoms with Crippen molar-refractivity contribution in [1.29, 1.82) is 0 Å². The quantitative estimate of drug-likeness (QED) is 0.743. The molecule has 0 N–H and O–H groups in total. The molecule has 0 saturated carbocycles. The average Bonchev–Trinajstić information content (AvgIpc) is 2.39. The lowest BCUT2D eigenvalue weighted by atomic mass is 10.2. The molecule has 2 rings (SSSR count). The number of benzene rings is 2. The third kappa shape index (κ3) is 2.89.